The average molecular weight is 118 g/mol. The molecule has 0 radical (unpaired) electrons. The highest BCUT2D eigenvalue weighted by Crippen LogP contribution is 1.80. The van der Waals surface area contributed by atoms with Crippen molar-refractivity contribution in [3.63, 3.8) is 0 Å². The molecular weight excluding hydrogens is 107 g/mol. The second-order valence-electron chi connectivity index (χ2n) is 1.71. The van der Waals surface area contributed by atoms with Crippen LogP contribution in [0.4, 0.5) is 0 Å². The van der Waals surface area contributed by atoms with E-state index in [1.807, 2.05) is 13.8 Å². The highest BCUT2D eigenvalue weighted by Gasteiger charge is 1.80. The molecule has 0 aromatic carbocycles. The molecule has 0 nitrogen and oxygen atoms in total. The van der Waals surface area contributed by atoms with E-state index >= 15 is 0 Å². The summed E-state index contributed by atoms with van der Waals surface area (Å²) >= 11 is 0. The summed E-state index contributed by atoms with van der Waals surface area (Å²) < 4.78 is 0. The lowest BCUT2D eigenvalue weighted by Gasteiger charge is -1.78. The van der Waals surface area contributed by atoms with E-state index in [1.54, 1.807) is 0 Å². The second kappa shape index (κ2) is 7.18. The molecule has 0 aliphatic heterocycles. The lowest BCUT2D eigenvalue weighted by molar-refractivity contribution is 1.67. The van der Waals surface area contributed by atoms with Crippen LogP contribution in [0, 0.1) is 23.7 Å². The maximum Gasteiger partial charge on any atom is 0.149 e. The van der Waals surface area contributed by atoms with Gasteiger partial charge in [-0.3, -0.25) is 0 Å². The van der Waals surface area contributed by atoms with Crippen LogP contribution in [0.5, 0.6) is 0 Å². The van der Waals surface area contributed by atoms with Crippen molar-refractivity contribution in [3.8, 4) is 23.7 Å². The molecule has 0 N–H and O–H groups in total. The molecule has 0 atom stereocenters. The summed E-state index contributed by atoms with van der Waals surface area (Å²) in [4.78, 5) is 0. The van der Waals surface area contributed by atoms with Gasteiger partial charge in [0.05, 0.1) is 0 Å². The first-order chi connectivity index (χ1) is 4.41. The smallest absolute Gasteiger partial charge is 0.112 e. The first-order valence-corrected chi connectivity index (χ1v) is 3.21. The summed E-state index contributed by atoms with van der Waals surface area (Å²) in [5.41, 5.74) is 0. The Morgan fingerprint density at radius 3 is 1.78 bits per heavy atom. The van der Waals surface area contributed by atoms with Crippen LogP contribution in [0.3, 0.4) is 0 Å². The minimum absolute atomic E-state index is 0.991. The molecule has 0 fully saturated rings. The summed E-state index contributed by atoms with van der Waals surface area (Å²) in [6, 6.07) is 0. The molecule has 0 rings (SSSR count). The topological polar surface area (TPSA) is 0 Å². The van der Waals surface area contributed by atoms with Gasteiger partial charge in [-0.2, -0.15) is 0 Å². The van der Waals surface area contributed by atoms with Crippen LogP contribution in [0.1, 0.15) is 13.8 Å². The third-order valence-corrected chi connectivity index (χ3v) is 0.957. The zero-order valence-corrected chi connectivity index (χ0v) is 6.12. The average Bonchev–Trinajstić information content (AvgIpc) is 1.89. The van der Waals surface area contributed by atoms with Crippen LogP contribution >= 0.6 is 0 Å². The molecule has 0 bridgehead atoms. The minimum Gasteiger partial charge on any atom is -0.112 e. The third kappa shape index (κ3) is 7.18. The molecule has 0 amide bonds. The van der Waals surface area contributed by atoms with Gasteiger partial charge in [0.2, 0.25) is 0 Å². The predicted octanol–water partition coefficient (Wildman–Crippen LogP) is 1.31. The fourth-order valence-electron chi connectivity index (χ4n) is 0.515. The molecule has 0 saturated heterocycles. The van der Waals surface area contributed by atoms with Gasteiger partial charge in [-0.25, -0.2) is 0 Å². The van der Waals surface area contributed by atoms with Crippen LogP contribution in [0.2, 0.25) is 12.6 Å². The largest absolute Gasteiger partial charge is 0.149 e. The quantitative estimate of drug-likeness (QED) is 0.291. The van der Waals surface area contributed by atoms with Gasteiger partial charge in [-0.05, 0) is 26.5 Å². The lowest BCUT2D eigenvalue weighted by Crippen LogP contribution is -1.82. The molecule has 0 aliphatic rings. The van der Waals surface area contributed by atoms with Crippen molar-refractivity contribution in [1.82, 2.24) is 0 Å². The van der Waals surface area contributed by atoms with E-state index in [1.165, 1.54) is 0 Å². The van der Waals surface area contributed by atoms with E-state index in [2.05, 4.69) is 23.7 Å². The van der Waals surface area contributed by atoms with Gasteiger partial charge < -0.3 is 0 Å². The standard InChI is InChI=1S/C8H11B/c1-3-5-7-9-8-6-4-2/h9H,7-8H2,1-2H3. The van der Waals surface area contributed by atoms with Crippen molar-refractivity contribution >= 4 is 7.28 Å². The Balaban J connectivity index is 3.04. The molecule has 0 aliphatic carbocycles. The van der Waals surface area contributed by atoms with Gasteiger partial charge in [0.15, 0.2) is 0 Å². The molecule has 9 heavy (non-hydrogen) atoms. The molecule has 0 heterocycles. The van der Waals surface area contributed by atoms with Crippen LogP contribution in [-0.2, 0) is 0 Å². The van der Waals surface area contributed by atoms with Crippen LogP contribution < -0.4 is 0 Å². The van der Waals surface area contributed by atoms with E-state index in [4.69, 9.17) is 0 Å². The van der Waals surface area contributed by atoms with Crippen molar-refractivity contribution in [1.29, 1.82) is 0 Å². The van der Waals surface area contributed by atoms with Gasteiger partial charge in [0.25, 0.3) is 0 Å². The van der Waals surface area contributed by atoms with Gasteiger partial charge in [0.1, 0.15) is 7.28 Å². The zero-order valence-electron chi connectivity index (χ0n) is 6.12. The third-order valence-electron chi connectivity index (χ3n) is 0.957. The summed E-state index contributed by atoms with van der Waals surface area (Å²) in [6.07, 6.45) is 1.98. The normalized spacial score (nSPS) is 6.00. The zero-order chi connectivity index (χ0) is 6.95. The van der Waals surface area contributed by atoms with E-state index in [0.717, 1.165) is 19.9 Å². The van der Waals surface area contributed by atoms with Gasteiger partial charge in [-0.15, -0.1) is 23.7 Å². The second-order valence-corrected chi connectivity index (χ2v) is 1.71. The lowest BCUT2D eigenvalue weighted by atomic mass is 9.72. The monoisotopic (exact) mass is 118 g/mol. The Labute approximate surface area is 58.3 Å². The van der Waals surface area contributed by atoms with Crippen LogP contribution in [0.25, 0.3) is 0 Å². The van der Waals surface area contributed by atoms with E-state index in [-0.39, 0.29) is 0 Å². The summed E-state index contributed by atoms with van der Waals surface area (Å²) in [5.74, 6) is 11.7. The number of hydrogen-bond donors (Lipinski definition) is 0. The van der Waals surface area contributed by atoms with E-state index in [0.29, 0.717) is 0 Å². The summed E-state index contributed by atoms with van der Waals surface area (Å²) in [6.45, 7) is 3.73. The summed E-state index contributed by atoms with van der Waals surface area (Å²) in [5, 5.41) is 0. The molecular formula is C8H11B. The summed E-state index contributed by atoms with van der Waals surface area (Å²) in [7, 11) is 1.11. The SMILES string of the molecule is CC#CCBCC#CC. The minimum atomic E-state index is 0.991. The maximum atomic E-state index is 2.99. The highest BCUT2D eigenvalue weighted by atomic mass is 13.6. The highest BCUT2D eigenvalue weighted by molar-refractivity contribution is 6.37. The van der Waals surface area contributed by atoms with Crippen molar-refractivity contribution in [2.45, 2.75) is 26.5 Å². The molecule has 0 unspecified atom stereocenters. The van der Waals surface area contributed by atoms with Crippen LogP contribution in [-0.4, -0.2) is 7.28 Å². The van der Waals surface area contributed by atoms with Crippen LogP contribution in [0.15, 0.2) is 0 Å². The Morgan fingerprint density at radius 1 is 1.00 bits per heavy atom. The van der Waals surface area contributed by atoms with Gasteiger partial charge in [-0.1, -0.05) is 0 Å². The van der Waals surface area contributed by atoms with Crippen molar-refractivity contribution < 1.29 is 0 Å². The van der Waals surface area contributed by atoms with Crippen molar-refractivity contribution in [2.75, 3.05) is 0 Å². The molecule has 46 valence electrons. The van der Waals surface area contributed by atoms with Crippen molar-refractivity contribution in [2.24, 2.45) is 0 Å². The Kier molecular flexibility index (Phi) is 6.53. The molecule has 0 aromatic rings. The van der Waals surface area contributed by atoms with E-state index in [9.17, 15) is 0 Å². The van der Waals surface area contributed by atoms with E-state index < -0.39 is 0 Å². The number of hydrogen-bond acceptors (Lipinski definition) is 0. The Hall–Kier alpha value is -0.815. The van der Waals surface area contributed by atoms with Gasteiger partial charge >= 0.3 is 0 Å². The first kappa shape index (κ1) is 8.18. The Bertz CT molecular complexity index is 140. The van der Waals surface area contributed by atoms with Gasteiger partial charge in [0, 0.05) is 0 Å². The molecule has 1 heteroatoms. The molecule has 0 spiro atoms. The van der Waals surface area contributed by atoms with Crippen molar-refractivity contribution in [3.05, 3.63) is 0 Å². The first-order valence-electron chi connectivity index (χ1n) is 3.21. The molecule has 0 aromatic heterocycles. The fraction of sp³-hybridized carbons (Fsp3) is 0.500. The number of rotatable bonds is 2. The molecule has 0 saturated carbocycles. The maximum absolute atomic E-state index is 2.99. The predicted molar refractivity (Wildman–Crippen MR) is 43.7 cm³/mol. The Morgan fingerprint density at radius 2 is 1.44 bits per heavy atom. The fourth-order valence-corrected chi connectivity index (χ4v) is 0.515.